The summed E-state index contributed by atoms with van der Waals surface area (Å²) >= 11 is 0. The van der Waals surface area contributed by atoms with Gasteiger partial charge >= 0.3 is 0 Å². The lowest BCUT2D eigenvalue weighted by Gasteiger charge is -2.36. The van der Waals surface area contributed by atoms with Gasteiger partial charge in [-0.3, -0.25) is 19.8 Å². The van der Waals surface area contributed by atoms with Crippen LogP contribution in [0, 0.1) is 5.92 Å². The minimum absolute atomic E-state index is 0.132. The van der Waals surface area contributed by atoms with E-state index in [0.717, 1.165) is 12.8 Å². The maximum absolute atomic E-state index is 11.2. The van der Waals surface area contributed by atoms with Crippen LogP contribution in [0.1, 0.15) is 26.7 Å². The van der Waals surface area contributed by atoms with E-state index in [1.165, 1.54) is 0 Å². The lowest BCUT2D eigenvalue weighted by atomic mass is 9.99. The number of rotatable bonds is 2. The van der Waals surface area contributed by atoms with Gasteiger partial charge in [0.25, 0.3) is 0 Å². The van der Waals surface area contributed by atoms with Gasteiger partial charge in [0.2, 0.25) is 11.8 Å². The first-order chi connectivity index (χ1) is 6.54. The topological polar surface area (TPSA) is 49.4 Å². The van der Waals surface area contributed by atoms with Crippen molar-refractivity contribution < 1.29 is 9.59 Å². The summed E-state index contributed by atoms with van der Waals surface area (Å²) in [4.78, 5) is 24.5. The van der Waals surface area contributed by atoms with E-state index in [0.29, 0.717) is 19.0 Å². The number of amides is 2. The van der Waals surface area contributed by atoms with Crippen LogP contribution in [0.15, 0.2) is 0 Å². The Labute approximate surface area is 83.6 Å². The monoisotopic (exact) mass is 196 g/mol. The van der Waals surface area contributed by atoms with Gasteiger partial charge in [-0.25, -0.2) is 0 Å². The number of carbonyl (C=O) groups is 2. The molecule has 0 atom stereocenters. The van der Waals surface area contributed by atoms with E-state index in [2.05, 4.69) is 19.2 Å². The van der Waals surface area contributed by atoms with Gasteiger partial charge in [0.05, 0.1) is 13.1 Å². The molecule has 0 unspecified atom stereocenters. The average Bonchev–Trinajstić information content (AvgIpc) is 2.81. The lowest BCUT2D eigenvalue weighted by Crippen LogP contribution is -2.56. The van der Waals surface area contributed by atoms with Crippen molar-refractivity contribution in [2.75, 3.05) is 13.1 Å². The minimum Gasteiger partial charge on any atom is -0.294 e. The minimum atomic E-state index is -0.159. The number of nitrogens with zero attached hydrogens (tertiary/aromatic N) is 1. The molecule has 0 aromatic carbocycles. The molecule has 0 aromatic heterocycles. The smallest absolute Gasteiger partial charge is 0.240 e. The Balaban J connectivity index is 2.11. The molecule has 78 valence electrons. The van der Waals surface area contributed by atoms with E-state index < -0.39 is 0 Å². The van der Waals surface area contributed by atoms with Crippen molar-refractivity contribution >= 4 is 11.8 Å². The summed E-state index contributed by atoms with van der Waals surface area (Å²) in [6.07, 6.45) is 2.23. The zero-order valence-electron chi connectivity index (χ0n) is 8.67. The van der Waals surface area contributed by atoms with Crippen LogP contribution in [-0.2, 0) is 9.59 Å². The zero-order valence-corrected chi connectivity index (χ0v) is 8.67. The highest BCUT2D eigenvalue weighted by atomic mass is 16.2. The molecule has 2 fully saturated rings. The summed E-state index contributed by atoms with van der Waals surface area (Å²) in [5.74, 6) is 0.197. The van der Waals surface area contributed by atoms with Gasteiger partial charge in [0.1, 0.15) is 0 Å². The molecule has 0 radical (unpaired) electrons. The Kier molecular flexibility index (Phi) is 2.10. The Hall–Kier alpha value is -0.900. The third-order valence-corrected chi connectivity index (χ3v) is 3.41. The molecular formula is C10H16N2O2. The van der Waals surface area contributed by atoms with Crippen molar-refractivity contribution in [1.29, 1.82) is 0 Å². The van der Waals surface area contributed by atoms with E-state index in [9.17, 15) is 9.59 Å². The summed E-state index contributed by atoms with van der Waals surface area (Å²) < 4.78 is 0. The van der Waals surface area contributed by atoms with Crippen molar-refractivity contribution in [3.05, 3.63) is 0 Å². The highest BCUT2D eigenvalue weighted by Gasteiger charge is 2.52. The van der Waals surface area contributed by atoms with Crippen molar-refractivity contribution in [1.82, 2.24) is 10.2 Å². The first kappa shape index (κ1) is 9.65. The van der Waals surface area contributed by atoms with Crippen LogP contribution in [-0.4, -0.2) is 35.3 Å². The number of carbonyl (C=O) groups excluding carboxylic acids is 2. The summed E-state index contributed by atoms with van der Waals surface area (Å²) in [5.41, 5.74) is 0.132. The molecule has 0 aromatic rings. The van der Waals surface area contributed by atoms with Gasteiger partial charge in [0.15, 0.2) is 0 Å². The molecule has 4 nitrogen and oxygen atoms in total. The molecule has 1 saturated carbocycles. The average molecular weight is 196 g/mol. The van der Waals surface area contributed by atoms with Gasteiger partial charge in [-0.1, -0.05) is 13.8 Å². The number of imide groups is 1. The standard InChI is InChI=1S/C10H16N2O2/c1-7(2)10(3-4-10)12-5-8(13)11-9(14)6-12/h7H,3-6H2,1-2H3,(H,11,13,14). The fourth-order valence-electron chi connectivity index (χ4n) is 2.34. The Morgan fingerprint density at radius 1 is 1.21 bits per heavy atom. The van der Waals surface area contributed by atoms with Gasteiger partial charge in [0, 0.05) is 5.54 Å². The Morgan fingerprint density at radius 3 is 2.07 bits per heavy atom. The third kappa shape index (κ3) is 1.43. The normalized spacial score (nSPS) is 26.5. The number of nitrogens with one attached hydrogen (secondary N) is 1. The van der Waals surface area contributed by atoms with E-state index in [1.807, 2.05) is 4.90 Å². The second kappa shape index (κ2) is 3.05. The molecule has 1 N–H and O–H groups in total. The maximum Gasteiger partial charge on any atom is 0.240 e. The maximum atomic E-state index is 11.2. The number of piperazine rings is 1. The third-order valence-electron chi connectivity index (χ3n) is 3.41. The van der Waals surface area contributed by atoms with E-state index >= 15 is 0 Å². The predicted molar refractivity (Wildman–Crippen MR) is 51.5 cm³/mol. The fourth-order valence-corrected chi connectivity index (χ4v) is 2.34. The molecule has 2 aliphatic rings. The van der Waals surface area contributed by atoms with Crippen LogP contribution in [0.3, 0.4) is 0 Å². The summed E-state index contributed by atoms with van der Waals surface area (Å²) in [6, 6.07) is 0. The molecule has 4 heteroatoms. The summed E-state index contributed by atoms with van der Waals surface area (Å²) in [5, 5.41) is 2.33. The largest absolute Gasteiger partial charge is 0.294 e. The number of hydrogen-bond donors (Lipinski definition) is 1. The predicted octanol–water partition coefficient (Wildman–Crippen LogP) is 0.133. The molecule has 0 bridgehead atoms. The SMILES string of the molecule is CC(C)C1(N2CC(=O)NC(=O)C2)CC1. The van der Waals surface area contributed by atoms with Gasteiger partial charge < -0.3 is 0 Å². The van der Waals surface area contributed by atoms with Crippen LogP contribution in [0.4, 0.5) is 0 Å². The summed E-state index contributed by atoms with van der Waals surface area (Å²) in [6.45, 7) is 5.07. The molecule has 2 rings (SSSR count). The van der Waals surface area contributed by atoms with E-state index in [-0.39, 0.29) is 17.4 Å². The molecule has 1 saturated heterocycles. The van der Waals surface area contributed by atoms with Gasteiger partial charge in [-0.15, -0.1) is 0 Å². The van der Waals surface area contributed by atoms with E-state index in [4.69, 9.17) is 0 Å². The molecule has 1 heterocycles. The van der Waals surface area contributed by atoms with Crippen LogP contribution in [0.5, 0.6) is 0 Å². The van der Waals surface area contributed by atoms with Crippen molar-refractivity contribution in [3.8, 4) is 0 Å². The van der Waals surface area contributed by atoms with Crippen molar-refractivity contribution in [3.63, 3.8) is 0 Å². The van der Waals surface area contributed by atoms with Crippen molar-refractivity contribution in [2.45, 2.75) is 32.2 Å². The fraction of sp³-hybridized carbons (Fsp3) is 0.800. The van der Waals surface area contributed by atoms with Crippen LogP contribution >= 0.6 is 0 Å². The molecular weight excluding hydrogens is 180 g/mol. The van der Waals surface area contributed by atoms with E-state index in [1.54, 1.807) is 0 Å². The lowest BCUT2D eigenvalue weighted by molar-refractivity contribution is -0.138. The first-order valence-electron chi connectivity index (χ1n) is 5.12. The van der Waals surface area contributed by atoms with Crippen LogP contribution in [0.25, 0.3) is 0 Å². The highest BCUT2D eigenvalue weighted by Crippen LogP contribution is 2.47. The van der Waals surface area contributed by atoms with Crippen LogP contribution < -0.4 is 5.32 Å². The second-order valence-electron chi connectivity index (χ2n) is 4.59. The molecule has 0 spiro atoms. The Bertz CT molecular complexity index is 266. The zero-order chi connectivity index (χ0) is 10.3. The molecule has 1 aliphatic heterocycles. The number of hydrogen-bond acceptors (Lipinski definition) is 3. The molecule has 1 aliphatic carbocycles. The van der Waals surface area contributed by atoms with Gasteiger partial charge in [-0.05, 0) is 18.8 Å². The Morgan fingerprint density at radius 2 is 1.71 bits per heavy atom. The van der Waals surface area contributed by atoms with Crippen molar-refractivity contribution in [2.24, 2.45) is 5.92 Å². The molecule has 14 heavy (non-hydrogen) atoms. The van der Waals surface area contributed by atoms with Crippen LogP contribution in [0.2, 0.25) is 0 Å². The highest BCUT2D eigenvalue weighted by molar-refractivity contribution is 5.99. The summed E-state index contributed by atoms with van der Waals surface area (Å²) in [7, 11) is 0. The quantitative estimate of drug-likeness (QED) is 0.639. The first-order valence-corrected chi connectivity index (χ1v) is 5.12. The molecule has 2 amide bonds. The van der Waals surface area contributed by atoms with Gasteiger partial charge in [-0.2, -0.15) is 0 Å². The second-order valence-corrected chi connectivity index (χ2v) is 4.59.